The van der Waals surface area contributed by atoms with Gasteiger partial charge in [0.1, 0.15) is 17.6 Å². The minimum absolute atomic E-state index is 0.199. The summed E-state index contributed by atoms with van der Waals surface area (Å²) >= 11 is 6.25. The van der Waals surface area contributed by atoms with Gasteiger partial charge >= 0.3 is 0 Å². The van der Waals surface area contributed by atoms with Crippen LogP contribution in [0.5, 0.6) is 11.5 Å². The van der Waals surface area contributed by atoms with Gasteiger partial charge in [-0.3, -0.25) is 0 Å². The lowest BCUT2D eigenvalue weighted by Crippen LogP contribution is -2.23. The van der Waals surface area contributed by atoms with E-state index in [2.05, 4.69) is 5.16 Å². The molecule has 0 unspecified atom stereocenters. The van der Waals surface area contributed by atoms with Crippen molar-refractivity contribution in [2.24, 2.45) is 5.16 Å². The predicted molar refractivity (Wildman–Crippen MR) is 89.2 cm³/mol. The molecule has 2 aliphatic heterocycles. The number of nitrogens with zero attached hydrogens (tertiary/aromatic N) is 1. The Labute approximate surface area is 144 Å². The first-order chi connectivity index (χ1) is 11.7. The van der Waals surface area contributed by atoms with Crippen molar-refractivity contribution in [1.82, 2.24) is 0 Å². The van der Waals surface area contributed by atoms with Crippen molar-refractivity contribution in [3.05, 3.63) is 57.6 Å². The predicted octanol–water partition coefficient (Wildman–Crippen LogP) is 4.22. The number of fused-ring (bicyclic) bond motifs is 2. The summed E-state index contributed by atoms with van der Waals surface area (Å²) in [5.41, 5.74) is 4.20. The highest BCUT2D eigenvalue weighted by molar-refractivity contribution is 6.30. The number of rotatable bonds is 1. The van der Waals surface area contributed by atoms with Crippen LogP contribution in [0, 0.1) is 6.92 Å². The lowest BCUT2D eigenvalue weighted by Gasteiger charge is -2.30. The van der Waals surface area contributed by atoms with Gasteiger partial charge in [0.25, 0.3) is 0 Å². The van der Waals surface area contributed by atoms with Crippen LogP contribution in [-0.2, 0) is 11.3 Å². The summed E-state index contributed by atoms with van der Waals surface area (Å²) in [4.78, 5) is 0. The van der Waals surface area contributed by atoms with E-state index in [0.29, 0.717) is 29.5 Å². The molecule has 0 aromatic heterocycles. The zero-order valence-electron chi connectivity index (χ0n) is 13.1. The first-order valence-corrected chi connectivity index (χ1v) is 8.05. The third kappa shape index (κ3) is 2.60. The van der Waals surface area contributed by atoms with Crippen LogP contribution in [0.3, 0.4) is 0 Å². The molecule has 1 atom stereocenters. The molecule has 24 heavy (non-hydrogen) atoms. The second-order valence-corrected chi connectivity index (χ2v) is 6.39. The van der Waals surface area contributed by atoms with Gasteiger partial charge in [0, 0.05) is 28.1 Å². The fourth-order valence-corrected chi connectivity index (χ4v) is 3.41. The monoisotopic (exact) mass is 345 g/mol. The molecule has 0 spiro atoms. The highest BCUT2D eigenvalue weighted by atomic mass is 35.5. The highest BCUT2D eigenvalue weighted by Crippen LogP contribution is 2.42. The minimum atomic E-state index is -0.337. The van der Waals surface area contributed by atoms with Gasteiger partial charge in [-0.05, 0) is 36.8 Å². The normalized spacial score (nSPS) is 20.8. The molecule has 124 valence electrons. The van der Waals surface area contributed by atoms with Crippen molar-refractivity contribution in [2.75, 3.05) is 6.79 Å². The van der Waals surface area contributed by atoms with Crippen LogP contribution in [0.25, 0.3) is 0 Å². The van der Waals surface area contributed by atoms with Crippen LogP contribution in [-0.4, -0.2) is 17.7 Å². The first kappa shape index (κ1) is 15.3. The number of benzene rings is 2. The van der Waals surface area contributed by atoms with Crippen LogP contribution >= 0.6 is 11.6 Å². The topological polar surface area (TPSA) is 60.3 Å². The van der Waals surface area contributed by atoms with Crippen molar-refractivity contribution in [1.29, 1.82) is 0 Å². The lowest BCUT2D eigenvalue weighted by atomic mass is 9.93. The maximum absolute atomic E-state index is 9.42. The molecule has 0 amide bonds. The van der Waals surface area contributed by atoms with Crippen LogP contribution in [0.2, 0.25) is 5.02 Å². The summed E-state index contributed by atoms with van der Waals surface area (Å²) in [6.07, 6.45) is 0.0968. The molecule has 0 saturated carbocycles. The molecule has 0 radical (unpaired) electrons. The third-order valence-corrected chi connectivity index (χ3v) is 4.49. The maximum atomic E-state index is 9.42. The van der Waals surface area contributed by atoms with E-state index >= 15 is 0 Å². The third-order valence-electron chi connectivity index (χ3n) is 4.27. The molecule has 2 heterocycles. The Kier molecular flexibility index (Phi) is 3.82. The van der Waals surface area contributed by atoms with Gasteiger partial charge in [0.15, 0.2) is 6.79 Å². The molecular weight excluding hydrogens is 330 g/mol. The van der Waals surface area contributed by atoms with Crippen LogP contribution in [0.15, 0.2) is 35.5 Å². The minimum Gasteiger partial charge on any atom is -0.484 e. The quantitative estimate of drug-likeness (QED) is 0.621. The summed E-state index contributed by atoms with van der Waals surface area (Å²) in [5.74, 6) is 1.43. The Balaban J connectivity index is 1.80. The number of hydrogen-bond acceptors (Lipinski definition) is 5. The molecule has 0 fully saturated rings. The van der Waals surface area contributed by atoms with Crippen molar-refractivity contribution in [3.8, 4) is 11.5 Å². The summed E-state index contributed by atoms with van der Waals surface area (Å²) in [6, 6.07) is 9.49. The SMILES string of the molecule is Cc1ccc2c(c1)O[C@H](c1cc(Cl)cc3c1OCOC3)C/C2=N/O. The van der Waals surface area contributed by atoms with Crippen molar-refractivity contribution in [3.63, 3.8) is 0 Å². The first-order valence-electron chi connectivity index (χ1n) is 7.67. The van der Waals surface area contributed by atoms with E-state index in [4.69, 9.17) is 25.8 Å². The number of aryl methyl sites for hydroxylation is 1. The summed E-state index contributed by atoms with van der Waals surface area (Å²) in [6.45, 7) is 2.64. The second-order valence-electron chi connectivity index (χ2n) is 5.95. The molecule has 2 aromatic rings. The second kappa shape index (κ2) is 6.00. The Bertz CT molecular complexity index is 834. The molecule has 4 rings (SSSR count). The van der Waals surface area contributed by atoms with E-state index in [1.807, 2.05) is 37.3 Å². The van der Waals surface area contributed by atoms with Crippen LogP contribution < -0.4 is 9.47 Å². The molecule has 2 aliphatic rings. The summed E-state index contributed by atoms with van der Waals surface area (Å²) in [5, 5.41) is 13.5. The molecule has 2 aromatic carbocycles. The van der Waals surface area contributed by atoms with Gasteiger partial charge in [0.05, 0.1) is 12.3 Å². The van der Waals surface area contributed by atoms with E-state index in [-0.39, 0.29) is 12.9 Å². The maximum Gasteiger partial charge on any atom is 0.189 e. The largest absolute Gasteiger partial charge is 0.484 e. The average molecular weight is 346 g/mol. The highest BCUT2D eigenvalue weighted by Gasteiger charge is 2.31. The van der Waals surface area contributed by atoms with Crippen molar-refractivity contribution >= 4 is 17.3 Å². The smallest absolute Gasteiger partial charge is 0.189 e. The van der Waals surface area contributed by atoms with E-state index in [1.54, 1.807) is 0 Å². The van der Waals surface area contributed by atoms with E-state index in [1.165, 1.54) is 0 Å². The Hall–Kier alpha value is -2.24. The Morgan fingerprint density at radius 3 is 2.96 bits per heavy atom. The lowest BCUT2D eigenvalue weighted by molar-refractivity contribution is -0.0182. The zero-order chi connectivity index (χ0) is 16.7. The van der Waals surface area contributed by atoms with Crippen LogP contribution in [0.4, 0.5) is 0 Å². The van der Waals surface area contributed by atoms with Gasteiger partial charge in [-0.15, -0.1) is 0 Å². The summed E-state index contributed by atoms with van der Waals surface area (Å²) in [7, 11) is 0. The molecule has 5 nitrogen and oxygen atoms in total. The van der Waals surface area contributed by atoms with Gasteiger partial charge < -0.3 is 19.4 Å². The van der Waals surface area contributed by atoms with Gasteiger partial charge in [0.2, 0.25) is 0 Å². The van der Waals surface area contributed by atoms with Crippen LogP contribution in [0.1, 0.15) is 34.8 Å². The number of ether oxygens (including phenoxy) is 3. The van der Waals surface area contributed by atoms with Gasteiger partial charge in [-0.2, -0.15) is 0 Å². The fourth-order valence-electron chi connectivity index (χ4n) is 3.16. The van der Waals surface area contributed by atoms with Gasteiger partial charge in [-0.25, -0.2) is 0 Å². The molecule has 6 heteroatoms. The Morgan fingerprint density at radius 1 is 1.25 bits per heavy atom. The van der Waals surface area contributed by atoms with Crippen molar-refractivity contribution in [2.45, 2.75) is 26.1 Å². The average Bonchev–Trinajstić information content (AvgIpc) is 2.59. The van der Waals surface area contributed by atoms with E-state index < -0.39 is 0 Å². The van der Waals surface area contributed by atoms with Crippen molar-refractivity contribution < 1.29 is 19.4 Å². The Morgan fingerprint density at radius 2 is 2.12 bits per heavy atom. The molecular formula is C18H16ClNO4. The number of halogens is 1. The molecule has 0 bridgehead atoms. The molecule has 0 aliphatic carbocycles. The number of oxime groups is 1. The standard InChI is InChI=1S/C18H16ClNO4/c1-10-2-3-13-15(20-21)7-17(24-16(13)4-10)14-6-12(19)5-11-8-22-9-23-18(11)14/h2-6,17,21H,7-9H2,1H3/b20-15-/t17-/m0/s1. The molecule has 1 N–H and O–H groups in total. The molecule has 0 saturated heterocycles. The van der Waals surface area contributed by atoms with E-state index in [9.17, 15) is 5.21 Å². The van der Waals surface area contributed by atoms with Gasteiger partial charge in [-0.1, -0.05) is 22.8 Å². The number of hydrogen-bond donors (Lipinski definition) is 1. The summed E-state index contributed by atoms with van der Waals surface area (Å²) < 4.78 is 17.2. The van der Waals surface area contributed by atoms with E-state index in [0.717, 1.165) is 28.0 Å². The zero-order valence-corrected chi connectivity index (χ0v) is 13.8. The fraction of sp³-hybridized carbons (Fsp3) is 0.278.